The number of hydrogen-bond acceptors (Lipinski definition) is 8. The fraction of sp³-hybridized carbons (Fsp3) is 0.800. The van der Waals surface area contributed by atoms with Gasteiger partial charge in [0.05, 0.1) is 11.0 Å². The molecule has 0 saturated carbocycles. The van der Waals surface area contributed by atoms with E-state index in [1.165, 1.54) is 0 Å². The van der Waals surface area contributed by atoms with Crippen molar-refractivity contribution in [3.05, 3.63) is 0 Å². The average molecular weight is 399 g/mol. The Morgan fingerprint density at radius 1 is 1.28 bits per heavy atom. The molecule has 3 N–H and O–H groups in total. The van der Waals surface area contributed by atoms with Gasteiger partial charge in [-0.1, -0.05) is 26.7 Å². The molecule has 0 radical (unpaired) electrons. The van der Waals surface area contributed by atoms with Crippen LogP contribution in [0, 0.1) is 0 Å². The molecular weight excluding hydrogens is 372 g/mol. The Kier molecular flexibility index (Phi) is 10.4. The predicted molar refractivity (Wildman–Crippen MR) is 95.1 cm³/mol. The van der Waals surface area contributed by atoms with Crippen LogP contribution in [0.25, 0.3) is 0 Å². The van der Waals surface area contributed by atoms with Crippen LogP contribution in [0.2, 0.25) is 0 Å². The van der Waals surface area contributed by atoms with Gasteiger partial charge in [-0.05, 0) is 12.8 Å². The molecule has 0 aliphatic carbocycles. The second-order valence-corrected chi connectivity index (χ2v) is 8.30. The van der Waals surface area contributed by atoms with E-state index in [9.17, 15) is 22.8 Å². The van der Waals surface area contributed by atoms with Gasteiger partial charge in [0.1, 0.15) is 6.04 Å². The van der Waals surface area contributed by atoms with Crippen molar-refractivity contribution >= 4 is 40.0 Å². The van der Waals surface area contributed by atoms with Crippen LogP contribution in [0.3, 0.4) is 0 Å². The summed E-state index contributed by atoms with van der Waals surface area (Å²) in [6.45, 7) is 4.11. The average Bonchev–Trinajstić information content (AvgIpc) is 2.92. The molecule has 0 amide bonds. The maximum Gasteiger partial charge on any atom is 0.338 e. The van der Waals surface area contributed by atoms with E-state index >= 15 is 0 Å². The van der Waals surface area contributed by atoms with Gasteiger partial charge in [0.15, 0.2) is 21.7 Å². The van der Waals surface area contributed by atoms with E-state index < -0.39 is 44.9 Å². The third-order valence-electron chi connectivity index (χ3n) is 3.92. The molecule has 1 fully saturated rings. The molecule has 1 aliphatic rings. The summed E-state index contributed by atoms with van der Waals surface area (Å²) in [4.78, 5) is 35.0. The SMILES string of the molecule is CCCC(CCC)S(=O)(=O)C[C@H](N)C(=O)OC(=O)[C@@H]1NCCC1=O.Cl. The first-order valence-corrected chi connectivity index (χ1v) is 9.93. The quantitative estimate of drug-likeness (QED) is 0.413. The molecule has 1 aliphatic heterocycles. The molecule has 0 aromatic rings. The number of esters is 2. The predicted octanol–water partition coefficient (Wildman–Crippen LogP) is 0.120. The zero-order valence-corrected chi connectivity index (χ0v) is 16.2. The third-order valence-corrected chi connectivity index (χ3v) is 6.23. The summed E-state index contributed by atoms with van der Waals surface area (Å²) in [5, 5.41) is 2.06. The summed E-state index contributed by atoms with van der Waals surface area (Å²) in [5.74, 6) is -3.10. The van der Waals surface area contributed by atoms with Gasteiger partial charge in [0.2, 0.25) is 0 Å². The smallest absolute Gasteiger partial charge is 0.338 e. The van der Waals surface area contributed by atoms with Crippen LogP contribution in [0.1, 0.15) is 46.0 Å². The van der Waals surface area contributed by atoms with Gasteiger partial charge < -0.3 is 10.5 Å². The highest BCUT2D eigenvalue weighted by Gasteiger charge is 2.36. The number of Topliss-reactive ketones (excluding diaryl/α,β-unsaturated/α-hetero) is 1. The highest BCUT2D eigenvalue weighted by Crippen LogP contribution is 2.16. The topological polar surface area (TPSA) is 133 Å². The van der Waals surface area contributed by atoms with Gasteiger partial charge in [-0.3, -0.25) is 10.1 Å². The summed E-state index contributed by atoms with van der Waals surface area (Å²) >= 11 is 0. The standard InChI is InChI=1S/C15H26N2O6S.ClH/c1-3-5-10(6-4-2)24(21,22)9-11(16)14(19)23-15(20)13-12(18)7-8-17-13;/h10-11,13,17H,3-9,16H2,1-2H3;1H/t11-,13+;/m0./s1. The van der Waals surface area contributed by atoms with Gasteiger partial charge in [0.25, 0.3) is 0 Å². The van der Waals surface area contributed by atoms with Crippen molar-refractivity contribution in [2.75, 3.05) is 12.3 Å². The Morgan fingerprint density at radius 3 is 2.28 bits per heavy atom. The van der Waals surface area contributed by atoms with Crippen molar-refractivity contribution < 1.29 is 27.5 Å². The van der Waals surface area contributed by atoms with Crippen LogP contribution < -0.4 is 11.1 Å². The van der Waals surface area contributed by atoms with Gasteiger partial charge in [0, 0.05) is 13.0 Å². The number of nitrogens with two attached hydrogens (primary N) is 1. The molecule has 25 heavy (non-hydrogen) atoms. The summed E-state index contributed by atoms with van der Waals surface area (Å²) in [5.41, 5.74) is 5.60. The molecule has 0 aromatic heterocycles. The normalized spacial score (nSPS) is 18.7. The maximum absolute atomic E-state index is 12.4. The van der Waals surface area contributed by atoms with Crippen LogP contribution >= 0.6 is 12.4 Å². The minimum atomic E-state index is -3.58. The van der Waals surface area contributed by atoms with Crippen LogP contribution in [0.4, 0.5) is 0 Å². The van der Waals surface area contributed by atoms with Crippen LogP contribution in [-0.2, 0) is 29.0 Å². The molecule has 2 atom stereocenters. The number of hydrogen-bond donors (Lipinski definition) is 2. The lowest BCUT2D eigenvalue weighted by Crippen LogP contribution is -2.45. The van der Waals surface area contributed by atoms with E-state index in [1.54, 1.807) is 0 Å². The van der Waals surface area contributed by atoms with E-state index in [-0.39, 0.29) is 24.6 Å². The zero-order chi connectivity index (χ0) is 18.3. The largest absolute Gasteiger partial charge is 0.390 e. The van der Waals surface area contributed by atoms with E-state index in [0.717, 1.165) is 0 Å². The molecule has 1 saturated heterocycles. The maximum atomic E-state index is 12.4. The second-order valence-electron chi connectivity index (χ2n) is 5.98. The zero-order valence-electron chi connectivity index (χ0n) is 14.5. The van der Waals surface area contributed by atoms with E-state index in [4.69, 9.17) is 5.73 Å². The first kappa shape index (κ1) is 24.0. The number of rotatable bonds is 9. The summed E-state index contributed by atoms with van der Waals surface area (Å²) in [6, 6.07) is -2.63. The van der Waals surface area contributed by atoms with Gasteiger partial charge >= 0.3 is 11.9 Å². The Morgan fingerprint density at radius 2 is 1.84 bits per heavy atom. The highest BCUT2D eigenvalue weighted by molar-refractivity contribution is 7.92. The fourth-order valence-corrected chi connectivity index (χ4v) is 4.75. The molecule has 10 heteroatoms. The third kappa shape index (κ3) is 7.01. The first-order valence-electron chi connectivity index (χ1n) is 8.21. The Balaban J connectivity index is 0.00000576. The minimum Gasteiger partial charge on any atom is -0.390 e. The first-order chi connectivity index (χ1) is 11.2. The molecule has 0 bridgehead atoms. The Hall–Kier alpha value is -1.03. The molecule has 1 rings (SSSR count). The Bertz CT molecular complexity index is 575. The van der Waals surface area contributed by atoms with Crippen LogP contribution in [0.5, 0.6) is 0 Å². The molecule has 146 valence electrons. The molecular formula is C15H27ClN2O6S. The number of nitrogens with one attached hydrogen (secondary N) is 1. The van der Waals surface area contributed by atoms with Crippen molar-refractivity contribution in [2.24, 2.45) is 5.73 Å². The number of carbonyl (C=O) groups excluding carboxylic acids is 3. The van der Waals surface area contributed by atoms with Crippen molar-refractivity contribution in [2.45, 2.75) is 63.3 Å². The van der Waals surface area contributed by atoms with Crippen LogP contribution in [-0.4, -0.2) is 55.8 Å². The Labute approximate surface area is 154 Å². The summed E-state index contributed by atoms with van der Waals surface area (Å²) < 4.78 is 29.3. The molecule has 0 spiro atoms. The molecule has 1 heterocycles. The number of carbonyl (C=O) groups is 3. The van der Waals surface area contributed by atoms with E-state index in [0.29, 0.717) is 32.2 Å². The highest BCUT2D eigenvalue weighted by atomic mass is 35.5. The lowest BCUT2D eigenvalue weighted by molar-refractivity contribution is -0.161. The van der Waals surface area contributed by atoms with Gasteiger partial charge in [-0.25, -0.2) is 18.0 Å². The van der Waals surface area contributed by atoms with Crippen molar-refractivity contribution in [3.8, 4) is 0 Å². The molecule has 0 aromatic carbocycles. The van der Waals surface area contributed by atoms with Crippen molar-refractivity contribution in [1.82, 2.24) is 5.32 Å². The lowest BCUT2D eigenvalue weighted by atomic mass is 10.2. The lowest BCUT2D eigenvalue weighted by Gasteiger charge is -2.18. The van der Waals surface area contributed by atoms with Crippen molar-refractivity contribution in [1.29, 1.82) is 0 Å². The second kappa shape index (κ2) is 10.8. The number of ketones is 1. The summed E-state index contributed by atoms with van der Waals surface area (Å²) in [7, 11) is -3.58. The van der Waals surface area contributed by atoms with E-state index in [2.05, 4.69) is 10.1 Å². The number of sulfone groups is 1. The number of ether oxygens (including phenoxy) is 1. The fourth-order valence-electron chi connectivity index (χ4n) is 2.65. The van der Waals surface area contributed by atoms with Crippen molar-refractivity contribution in [3.63, 3.8) is 0 Å². The van der Waals surface area contributed by atoms with Gasteiger partial charge in [-0.2, -0.15) is 0 Å². The minimum absolute atomic E-state index is 0. The molecule has 8 nitrogen and oxygen atoms in total. The molecule has 0 unspecified atom stereocenters. The van der Waals surface area contributed by atoms with Crippen LogP contribution in [0.15, 0.2) is 0 Å². The van der Waals surface area contributed by atoms with Gasteiger partial charge in [-0.15, -0.1) is 12.4 Å². The monoisotopic (exact) mass is 398 g/mol. The summed E-state index contributed by atoms with van der Waals surface area (Å²) in [6.07, 6.45) is 2.59. The number of halogens is 1. The van der Waals surface area contributed by atoms with E-state index in [1.807, 2.05) is 13.8 Å².